The smallest absolute Gasteiger partial charge is 0.167 e. The number of nitrogens with zero attached hydrogens (tertiary/aromatic N) is 2. The molecule has 0 aliphatic rings. The van der Waals surface area contributed by atoms with E-state index in [1.807, 2.05) is 13.2 Å². The Bertz CT molecular complexity index is 315. The molecule has 0 radical (unpaired) electrons. The molecule has 0 aliphatic heterocycles. The van der Waals surface area contributed by atoms with Crippen molar-refractivity contribution in [3.8, 4) is 0 Å². The Labute approximate surface area is 101 Å². The third-order valence-electron chi connectivity index (χ3n) is 2.26. The highest BCUT2D eigenvalue weighted by molar-refractivity contribution is 7.99. The quantitative estimate of drug-likeness (QED) is 0.596. The van der Waals surface area contributed by atoms with E-state index in [4.69, 9.17) is 11.6 Å². The fraction of sp³-hybridized carbons (Fsp3) is 0.727. The number of rotatable bonds is 4. The number of thioether (sulfide) groups is 1. The van der Waals surface area contributed by atoms with Crippen molar-refractivity contribution in [2.75, 3.05) is 5.75 Å². The lowest BCUT2D eigenvalue weighted by Crippen LogP contribution is -2.06. The lowest BCUT2D eigenvalue weighted by atomic mass is 9.94. The zero-order valence-corrected chi connectivity index (χ0v) is 11.5. The van der Waals surface area contributed by atoms with Crippen molar-refractivity contribution >= 4 is 23.4 Å². The minimum Gasteiger partial charge on any atom is -0.325 e. The van der Waals surface area contributed by atoms with Crippen LogP contribution >= 0.6 is 23.4 Å². The summed E-state index contributed by atoms with van der Waals surface area (Å²) in [6, 6.07) is 0. The molecule has 86 valence electrons. The molecule has 0 saturated heterocycles. The second kappa shape index (κ2) is 5.26. The van der Waals surface area contributed by atoms with Gasteiger partial charge in [-0.2, -0.15) is 0 Å². The summed E-state index contributed by atoms with van der Waals surface area (Å²) in [5, 5.41) is 1.06. The van der Waals surface area contributed by atoms with Crippen molar-refractivity contribution in [1.29, 1.82) is 0 Å². The molecule has 0 fully saturated rings. The molecule has 15 heavy (non-hydrogen) atoms. The van der Waals surface area contributed by atoms with E-state index < -0.39 is 0 Å². The van der Waals surface area contributed by atoms with Gasteiger partial charge in [-0.3, -0.25) is 0 Å². The third-order valence-corrected chi connectivity index (χ3v) is 3.58. The van der Waals surface area contributed by atoms with E-state index in [0.29, 0.717) is 11.3 Å². The summed E-state index contributed by atoms with van der Waals surface area (Å²) in [4.78, 5) is 4.35. The summed E-state index contributed by atoms with van der Waals surface area (Å²) >= 11 is 7.59. The van der Waals surface area contributed by atoms with Gasteiger partial charge in [0.25, 0.3) is 0 Å². The maximum atomic E-state index is 5.78. The molecule has 0 amide bonds. The largest absolute Gasteiger partial charge is 0.325 e. The minimum absolute atomic E-state index is 0.396. The molecule has 0 aliphatic carbocycles. The summed E-state index contributed by atoms with van der Waals surface area (Å²) in [5.41, 5.74) is 1.47. The number of halogens is 1. The van der Waals surface area contributed by atoms with Crippen LogP contribution in [0.5, 0.6) is 0 Å². The zero-order chi connectivity index (χ0) is 11.5. The highest BCUT2D eigenvalue weighted by Gasteiger charge is 2.11. The fourth-order valence-electron chi connectivity index (χ4n) is 1.13. The van der Waals surface area contributed by atoms with Crippen LogP contribution in [0.4, 0.5) is 0 Å². The Morgan fingerprint density at radius 2 is 2.13 bits per heavy atom. The van der Waals surface area contributed by atoms with Crippen molar-refractivity contribution < 1.29 is 0 Å². The van der Waals surface area contributed by atoms with Crippen molar-refractivity contribution in [2.45, 2.75) is 38.2 Å². The van der Waals surface area contributed by atoms with E-state index >= 15 is 0 Å². The predicted molar refractivity (Wildman–Crippen MR) is 67.6 cm³/mol. The lowest BCUT2D eigenvalue weighted by molar-refractivity contribution is 0.401. The van der Waals surface area contributed by atoms with Crippen LogP contribution < -0.4 is 0 Å². The molecule has 1 aromatic rings. The number of hydrogen-bond donors (Lipinski definition) is 0. The standard InChI is InChI=1S/C11H19ClN2S/c1-11(2,3)5-6-15-10-13-8-9(7-12)14(10)4/h8H,5-7H2,1-4H3. The van der Waals surface area contributed by atoms with Crippen molar-refractivity contribution in [2.24, 2.45) is 12.5 Å². The summed E-state index contributed by atoms with van der Waals surface area (Å²) in [7, 11) is 2.02. The molecule has 2 nitrogen and oxygen atoms in total. The molecule has 0 unspecified atom stereocenters. The maximum absolute atomic E-state index is 5.78. The van der Waals surface area contributed by atoms with Crippen LogP contribution in [-0.4, -0.2) is 15.3 Å². The van der Waals surface area contributed by atoms with Gasteiger partial charge in [-0.25, -0.2) is 4.98 Å². The average Bonchev–Trinajstić information content (AvgIpc) is 2.46. The topological polar surface area (TPSA) is 17.8 Å². The lowest BCUT2D eigenvalue weighted by Gasteiger charge is -2.17. The second-order valence-electron chi connectivity index (χ2n) is 4.88. The van der Waals surface area contributed by atoms with Crippen LogP contribution in [0.3, 0.4) is 0 Å². The normalized spacial score (nSPS) is 12.1. The van der Waals surface area contributed by atoms with Gasteiger partial charge in [-0.15, -0.1) is 11.6 Å². The molecule has 0 aromatic carbocycles. The van der Waals surface area contributed by atoms with Crippen molar-refractivity contribution in [3.63, 3.8) is 0 Å². The van der Waals surface area contributed by atoms with E-state index in [-0.39, 0.29) is 0 Å². The van der Waals surface area contributed by atoms with Gasteiger partial charge in [-0.05, 0) is 11.8 Å². The van der Waals surface area contributed by atoms with Gasteiger partial charge in [0.2, 0.25) is 0 Å². The van der Waals surface area contributed by atoms with Gasteiger partial charge in [0.1, 0.15) is 0 Å². The first-order valence-electron chi connectivity index (χ1n) is 5.13. The van der Waals surface area contributed by atoms with E-state index in [1.165, 1.54) is 6.42 Å². The van der Waals surface area contributed by atoms with Crippen LogP contribution in [0.25, 0.3) is 0 Å². The number of hydrogen-bond acceptors (Lipinski definition) is 2. The van der Waals surface area contributed by atoms with Gasteiger partial charge < -0.3 is 4.57 Å². The molecule has 0 N–H and O–H groups in total. The highest BCUT2D eigenvalue weighted by atomic mass is 35.5. The number of aromatic nitrogens is 2. The van der Waals surface area contributed by atoms with Gasteiger partial charge >= 0.3 is 0 Å². The zero-order valence-electron chi connectivity index (χ0n) is 9.88. The molecule has 1 aromatic heterocycles. The molecule has 1 rings (SSSR count). The van der Waals surface area contributed by atoms with E-state index in [1.54, 1.807) is 11.8 Å². The van der Waals surface area contributed by atoms with Crippen molar-refractivity contribution in [3.05, 3.63) is 11.9 Å². The molecule has 1 heterocycles. The van der Waals surface area contributed by atoms with Gasteiger partial charge in [-0.1, -0.05) is 32.5 Å². The first-order valence-corrected chi connectivity index (χ1v) is 6.65. The molecule has 0 bridgehead atoms. The first-order chi connectivity index (χ1) is 6.94. The monoisotopic (exact) mass is 246 g/mol. The van der Waals surface area contributed by atoms with Gasteiger partial charge in [0.15, 0.2) is 5.16 Å². The molecule has 0 saturated carbocycles. The highest BCUT2D eigenvalue weighted by Crippen LogP contribution is 2.25. The van der Waals surface area contributed by atoms with Crippen LogP contribution in [0, 0.1) is 5.41 Å². The Hall–Kier alpha value is -0.150. The fourth-order valence-corrected chi connectivity index (χ4v) is 2.72. The van der Waals surface area contributed by atoms with Crippen LogP contribution in [0.15, 0.2) is 11.4 Å². The van der Waals surface area contributed by atoms with E-state index in [2.05, 4.69) is 30.3 Å². The van der Waals surface area contributed by atoms with Crippen LogP contribution in [0.2, 0.25) is 0 Å². The van der Waals surface area contributed by atoms with E-state index in [0.717, 1.165) is 16.6 Å². The van der Waals surface area contributed by atoms with Gasteiger partial charge in [0, 0.05) is 12.8 Å². The Morgan fingerprint density at radius 3 is 2.60 bits per heavy atom. The summed E-state index contributed by atoms with van der Waals surface area (Å²) in [6.45, 7) is 6.78. The number of alkyl halides is 1. The SMILES string of the molecule is Cn1c(CCl)cnc1SCCC(C)(C)C. The first kappa shape index (κ1) is 12.9. The van der Waals surface area contributed by atoms with Crippen LogP contribution in [-0.2, 0) is 12.9 Å². The third kappa shape index (κ3) is 4.07. The molecular formula is C11H19ClN2S. The molecule has 0 atom stereocenters. The van der Waals surface area contributed by atoms with E-state index in [9.17, 15) is 0 Å². The molecule has 0 spiro atoms. The molecule has 4 heteroatoms. The minimum atomic E-state index is 0.396. The second-order valence-corrected chi connectivity index (χ2v) is 6.21. The molecular weight excluding hydrogens is 228 g/mol. The Morgan fingerprint density at radius 1 is 1.47 bits per heavy atom. The average molecular weight is 247 g/mol. The van der Waals surface area contributed by atoms with Crippen LogP contribution in [0.1, 0.15) is 32.9 Å². The van der Waals surface area contributed by atoms with Gasteiger partial charge in [0.05, 0.1) is 17.8 Å². The maximum Gasteiger partial charge on any atom is 0.167 e. The Balaban J connectivity index is 2.48. The predicted octanol–water partition coefficient (Wildman–Crippen LogP) is 3.69. The number of imidazole rings is 1. The summed E-state index contributed by atoms with van der Waals surface area (Å²) in [5.74, 6) is 1.64. The van der Waals surface area contributed by atoms with Crippen molar-refractivity contribution in [1.82, 2.24) is 9.55 Å². The summed E-state index contributed by atoms with van der Waals surface area (Å²) < 4.78 is 2.07. The Kier molecular flexibility index (Phi) is 4.53. The summed E-state index contributed by atoms with van der Waals surface area (Å²) in [6.07, 6.45) is 3.05.